The number of nitrogens with zero attached hydrogens (tertiary/aromatic N) is 2. The lowest BCUT2D eigenvalue weighted by molar-refractivity contribution is 0.197. The Labute approximate surface area is 105 Å². The van der Waals surface area contributed by atoms with Crippen LogP contribution in [0.2, 0.25) is 0 Å². The summed E-state index contributed by atoms with van der Waals surface area (Å²) in [7, 11) is 3.78. The molecule has 17 heavy (non-hydrogen) atoms. The van der Waals surface area contributed by atoms with Crippen LogP contribution in [0, 0.1) is 0 Å². The van der Waals surface area contributed by atoms with Crippen molar-refractivity contribution < 1.29 is 4.74 Å². The monoisotopic (exact) mass is 245 g/mol. The maximum Gasteiger partial charge on any atom is 0.205 e. The maximum atomic E-state index is 5.38. The third kappa shape index (κ3) is 8.91. The Morgan fingerprint density at radius 3 is 2.71 bits per heavy atom. The van der Waals surface area contributed by atoms with Crippen LogP contribution in [-0.2, 0) is 4.74 Å². The Kier molecular flexibility index (Phi) is 9.80. The zero-order chi connectivity index (χ0) is 13.1. The van der Waals surface area contributed by atoms with Gasteiger partial charge in [-0.25, -0.2) is 5.84 Å². The van der Waals surface area contributed by atoms with Gasteiger partial charge in [0.2, 0.25) is 5.96 Å². The molecule has 6 nitrogen and oxygen atoms in total. The molecule has 0 heterocycles. The van der Waals surface area contributed by atoms with Gasteiger partial charge >= 0.3 is 0 Å². The highest BCUT2D eigenvalue weighted by molar-refractivity contribution is 5.79. The van der Waals surface area contributed by atoms with Crippen molar-refractivity contribution in [2.75, 3.05) is 40.4 Å². The fourth-order valence-electron chi connectivity index (χ4n) is 1.16. The van der Waals surface area contributed by atoms with E-state index >= 15 is 0 Å². The molecule has 6 heteroatoms. The number of hydrazine groups is 1. The van der Waals surface area contributed by atoms with Gasteiger partial charge in [-0.1, -0.05) is 0 Å². The smallest absolute Gasteiger partial charge is 0.205 e. The van der Waals surface area contributed by atoms with Crippen LogP contribution in [0.15, 0.2) is 4.99 Å². The standard InChI is InChI=1S/C11H27N5O/c1-10(2)16(3)8-7-14-11(15-12)13-6-5-9-17-4/h10H,5-9,12H2,1-4H3,(H2,13,14,15). The van der Waals surface area contributed by atoms with Crippen LogP contribution in [0.5, 0.6) is 0 Å². The Morgan fingerprint density at radius 1 is 1.47 bits per heavy atom. The van der Waals surface area contributed by atoms with Crippen LogP contribution in [0.3, 0.4) is 0 Å². The lowest BCUT2D eigenvalue weighted by Gasteiger charge is -2.21. The van der Waals surface area contributed by atoms with Crippen molar-refractivity contribution in [3.05, 3.63) is 0 Å². The predicted octanol–water partition coefficient (Wildman–Crippen LogP) is -0.228. The van der Waals surface area contributed by atoms with Gasteiger partial charge in [0.1, 0.15) is 0 Å². The Morgan fingerprint density at radius 2 is 2.18 bits per heavy atom. The van der Waals surface area contributed by atoms with E-state index in [1.807, 2.05) is 0 Å². The number of guanidine groups is 1. The summed E-state index contributed by atoms with van der Waals surface area (Å²) in [4.78, 5) is 6.55. The molecular formula is C11H27N5O. The van der Waals surface area contributed by atoms with Gasteiger partial charge in [0.05, 0.1) is 0 Å². The molecule has 0 aromatic rings. The molecule has 0 aromatic heterocycles. The number of aliphatic imine (C=N–C) groups is 1. The fraction of sp³-hybridized carbons (Fsp3) is 0.909. The second-order valence-corrected chi connectivity index (χ2v) is 4.22. The lowest BCUT2D eigenvalue weighted by atomic mass is 10.3. The quantitative estimate of drug-likeness (QED) is 0.181. The fourth-order valence-corrected chi connectivity index (χ4v) is 1.16. The molecule has 0 bridgehead atoms. The van der Waals surface area contributed by atoms with Crippen molar-refractivity contribution in [1.29, 1.82) is 0 Å². The van der Waals surface area contributed by atoms with Gasteiger partial charge in [0.15, 0.2) is 0 Å². The van der Waals surface area contributed by atoms with E-state index < -0.39 is 0 Å². The van der Waals surface area contributed by atoms with Gasteiger partial charge in [0, 0.05) is 39.4 Å². The molecule has 0 spiro atoms. The minimum Gasteiger partial charge on any atom is -0.385 e. The Balaban J connectivity index is 3.73. The zero-order valence-corrected chi connectivity index (χ0v) is 11.5. The first-order chi connectivity index (χ1) is 8.11. The molecule has 0 amide bonds. The summed E-state index contributed by atoms with van der Waals surface area (Å²) in [6.45, 7) is 7.54. The first-order valence-electron chi connectivity index (χ1n) is 6.06. The van der Waals surface area contributed by atoms with Crippen LogP contribution in [0.25, 0.3) is 0 Å². The van der Waals surface area contributed by atoms with E-state index in [0.717, 1.165) is 26.1 Å². The normalized spacial score (nSPS) is 12.3. The van der Waals surface area contributed by atoms with Crippen molar-refractivity contribution in [1.82, 2.24) is 15.6 Å². The highest BCUT2D eigenvalue weighted by Gasteiger charge is 2.02. The molecule has 0 aliphatic heterocycles. The average molecular weight is 245 g/mol. The molecule has 0 saturated carbocycles. The van der Waals surface area contributed by atoms with E-state index in [1.165, 1.54) is 0 Å². The summed E-state index contributed by atoms with van der Waals surface area (Å²) in [5, 5.41) is 3.16. The van der Waals surface area contributed by atoms with Crippen molar-refractivity contribution >= 4 is 5.96 Å². The van der Waals surface area contributed by atoms with Gasteiger partial charge in [-0.15, -0.1) is 0 Å². The van der Waals surface area contributed by atoms with Gasteiger partial charge in [-0.2, -0.15) is 0 Å². The third-order valence-corrected chi connectivity index (χ3v) is 2.55. The second-order valence-electron chi connectivity index (χ2n) is 4.22. The molecule has 0 aromatic carbocycles. The third-order valence-electron chi connectivity index (χ3n) is 2.55. The number of methoxy groups -OCH3 is 1. The van der Waals surface area contributed by atoms with E-state index in [0.29, 0.717) is 18.5 Å². The largest absolute Gasteiger partial charge is 0.385 e. The Bertz CT molecular complexity index is 208. The summed E-state index contributed by atoms with van der Waals surface area (Å²) in [5.74, 6) is 6.01. The topological polar surface area (TPSA) is 74.9 Å². The number of rotatable bonds is 8. The molecule has 0 aliphatic rings. The van der Waals surface area contributed by atoms with Crippen molar-refractivity contribution in [3.63, 3.8) is 0 Å². The highest BCUT2D eigenvalue weighted by Crippen LogP contribution is 1.90. The molecule has 0 unspecified atom stereocenters. The van der Waals surface area contributed by atoms with E-state index in [-0.39, 0.29) is 0 Å². The molecule has 0 rings (SSSR count). The molecule has 4 N–H and O–H groups in total. The van der Waals surface area contributed by atoms with Crippen molar-refractivity contribution in [2.45, 2.75) is 26.3 Å². The second kappa shape index (κ2) is 10.3. The number of likely N-dealkylation sites (N-methyl/N-ethyl adjacent to an activating group) is 1. The Hall–Kier alpha value is -0.850. The molecule has 0 saturated heterocycles. The molecule has 0 atom stereocenters. The minimum atomic E-state index is 0.546. The van der Waals surface area contributed by atoms with Crippen LogP contribution in [0.1, 0.15) is 20.3 Å². The minimum absolute atomic E-state index is 0.546. The van der Waals surface area contributed by atoms with Crippen LogP contribution >= 0.6 is 0 Å². The molecular weight excluding hydrogens is 218 g/mol. The van der Waals surface area contributed by atoms with E-state index in [2.05, 4.69) is 41.5 Å². The first kappa shape index (κ1) is 16.1. The molecule has 0 radical (unpaired) electrons. The van der Waals surface area contributed by atoms with E-state index in [4.69, 9.17) is 10.6 Å². The van der Waals surface area contributed by atoms with Gasteiger partial charge in [-0.05, 0) is 27.3 Å². The van der Waals surface area contributed by atoms with Crippen molar-refractivity contribution in [2.24, 2.45) is 10.8 Å². The van der Waals surface area contributed by atoms with E-state index in [9.17, 15) is 0 Å². The summed E-state index contributed by atoms with van der Waals surface area (Å²) in [5.41, 5.74) is 2.56. The first-order valence-corrected chi connectivity index (χ1v) is 6.06. The average Bonchev–Trinajstić information content (AvgIpc) is 2.31. The van der Waals surface area contributed by atoms with Crippen molar-refractivity contribution in [3.8, 4) is 0 Å². The summed E-state index contributed by atoms with van der Waals surface area (Å²) in [6, 6.07) is 0.546. The summed E-state index contributed by atoms with van der Waals surface area (Å²) >= 11 is 0. The predicted molar refractivity (Wildman–Crippen MR) is 71.9 cm³/mol. The zero-order valence-electron chi connectivity index (χ0n) is 11.5. The van der Waals surface area contributed by atoms with Gasteiger partial charge in [-0.3, -0.25) is 10.4 Å². The summed E-state index contributed by atoms with van der Waals surface area (Å²) < 4.78 is 4.95. The number of ether oxygens (including phenoxy) is 1. The van der Waals surface area contributed by atoms with Crippen LogP contribution in [0.4, 0.5) is 0 Å². The SMILES string of the molecule is COCCCN=C(NN)NCCN(C)C(C)C. The molecule has 0 aliphatic carbocycles. The number of nitrogens with one attached hydrogen (secondary N) is 2. The number of hydrogen-bond donors (Lipinski definition) is 3. The number of hydrogen-bond acceptors (Lipinski definition) is 4. The maximum absolute atomic E-state index is 5.38. The highest BCUT2D eigenvalue weighted by atomic mass is 16.5. The molecule has 0 fully saturated rings. The summed E-state index contributed by atoms with van der Waals surface area (Å²) in [6.07, 6.45) is 0.898. The van der Waals surface area contributed by atoms with Gasteiger partial charge in [0.25, 0.3) is 0 Å². The van der Waals surface area contributed by atoms with Crippen LogP contribution in [-0.4, -0.2) is 57.3 Å². The van der Waals surface area contributed by atoms with Gasteiger partial charge < -0.3 is 15.0 Å². The van der Waals surface area contributed by atoms with E-state index in [1.54, 1.807) is 7.11 Å². The lowest BCUT2D eigenvalue weighted by Crippen LogP contribution is -2.45. The molecule has 102 valence electrons. The number of nitrogens with two attached hydrogens (primary N) is 1. The van der Waals surface area contributed by atoms with Crippen LogP contribution < -0.4 is 16.6 Å².